The van der Waals surface area contributed by atoms with Gasteiger partial charge in [-0.05, 0) is 67.2 Å². The number of piperidine rings is 1. The van der Waals surface area contributed by atoms with Crippen molar-refractivity contribution in [2.45, 2.75) is 38.7 Å². The third-order valence-electron chi connectivity index (χ3n) is 5.79. The molecule has 4 rings (SSSR count). The maximum absolute atomic E-state index is 12.4. The standard InChI is InChI=1S/C24H30N2O2/c27-24(25-23-4-2-1-3-5-23)26-14-12-20(13-15-26)16-19-6-8-21(9-7-19)17-28-18-22-10-11-22/h1-9,20,22H,10-18H2,(H,25,27). The third-order valence-corrected chi connectivity index (χ3v) is 5.79. The maximum atomic E-state index is 12.4. The fraction of sp³-hybridized carbons (Fsp3) is 0.458. The highest BCUT2D eigenvalue weighted by molar-refractivity contribution is 5.89. The van der Waals surface area contributed by atoms with Crippen LogP contribution in [-0.2, 0) is 17.8 Å². The van der Waals surface area contributed by atoms with Gasteiger partial charge in [0.25, 0.3) is 0 Å². The van der Waals surface area contributed by atoms with Gasteiger partial charge in [0, 0.05) is 25.4 Å². The molecule has 0 unspecified atom stereocenters. The highest BCUT2D eigenvalue weighted by Gasteiger charge is 2.23. The van der Waals surface area contributed by atoms with Gasteiger partial charge in [-0.3, -0.25) is 0 Å². The van der Waals surface area contributed by atoms with E-state index < -0.39 is 0 Å². The molecule has 2 aromatic rings. The minimum absolute atomic E-state index is 0.0141. The summed E-state index contributed by atoms with van der Waals surface area (Å²) in [5, 5.41) is 2.99. The minimum atomic E-state index is 0.0141. The summed E-state index contributed by atoms with van der Waals surface area (Å²) >= 11 is 0. The Kier molecular flexibility index (Phi) is 6.27. The Balaban J connectivity index is 1.19. The van der Waals surface area contributed by atoms with Gasteiger partial charge in [-0.2, -0.15) is 0 Å². The van der Waals surface area contributed by atoms with E-state index in [9.17, 15) is 4.79 Å². The lowest BCUT2D eigenvalue weighted by atomic mass is 9.90. The van der Waals surface area contributed by atoms with E-state index in [1.165, 1.54) is 24.0 Å². The molecule has 0 radical (unpaired) electrons. The lowest BCUT2D eigenvalue weighted by Gasteiger charge is -2.32. The normalized spacial score (nSPS) is 17.5. The molecular formula is C24H30N2O2. The number of carbonyl (C=O) groups is 1. The number of benzene rings is 2. The Morgan fingerprint density at radius 1 is 0.893 bits per heavy atom. The van der Waals surface area contributed by atoms with Crippen LogP contribution in [0.2, 0.25) is 0 Å². The van der Waals surface area contributed by atoms with Crippen molar-refractivity contribution < 1.29 is 9.53 Å². The van der Waals surface area contributed by atoms with Crippen LogP contribution in [0.5, 0.6) is 0 Å². The van der Waals surface area contributed by atoms with Crippen LogP contribution >= 0.6 is 0 Å². The van der Waals surface area contributed by atoms with Gasteiger partial charge in [0.1, 0.15) is 0 Å². The minimum Gasteiger partial charge on any atom is -0.376 e. The van der Waals surface area contributed by atoms with E-state index in [0.29, 0.717) is 5.92 Å². The molecule has 0 aromatic heterocycles. The van der Waals surface area contributed by atoms with Crippen molar-refractivity contribution in [2.75, 3.05) is 25.0 Å². The Morgan fingerprint density at radius 3 is 2.25 bits per heavy atom. The molecule has 28 heavy (non-hydrogen) atoms. The van der Waals surface area contributed by atoms with E-state index in [-0.39, 0.29) is 6.03 Å². The number of amides is 2. The number of hydrogen-bond acceptors (Lipinski definition) is 2. The molecule has 0 spiro atoms. The summed E-state index contributed by atoms with van der Waals surface area (Å²) in [6, 6.07) is 18.6. The fourth-order valence-corrected chi connectivity index (χ4v) is 3.80. The lowest BCUT2D eigenvalue weighted by molar-refractivity contribution is 0.111. The molecule has 1 aliphatic heterocycles. The van der Waals surface area contributed by atoms with E-state index >= 15 is 0 Å². The molecule has 2 fully saturated rings. The fourth-order valence-electron chi connectivity index (χ4n) is 3.80. The molecule has 2 aliphatic rings. The average molecular weight is 379 g/mol. The lowest BCUT2D eigenvalue weighted by Crippen LogP contribution is -2.41. The molecule has 1 N–H and O–H groups in total. The molecule has 148 valence electrons. The molecule has 4 heteroatoms. The van der Waals surface area contributed by atoms with Crippen LogP contribution in [0.1, 0.15) is 36.8 Å². The first-order valence-corrected chi connectivity index (χ1v) is 10.5. The summed E-state index contributed by atoms with van der Waals surface area (Å²) < 4.78 is 5.77. The molecule has 2 aromatic carbocycles. The van der Waals surface area contributed by atoms with Crippen LogP contribution in [0, 0.1) is 11.8 Å². The van der Waals surface area contributed by atoms with Crippen molar-refractivity contribution in [2.24, 2.45) is 11.8 Å². The summed E-state index contributed by atoms with van der Waals surface area (Å²) in [7, 11) is 0. The molecule has 0 atom stereocenters. The quantitative estimate of drug-likeness (QED) is 0.728. The van der Waals surface area contributed by atoms with Crippen LogP contribution in [0.4, 0.5) is 10.5 Å². The van der Waals surface area contributed by atoms with Gasteiger partial charge >= 0.3 is 6.03 Å². The van der Waals surface area contributed by atoms with Crippen LogP contribution in [-0.4, -0.2) is 30.6 Å². The SMILES string of the molecule is O=C(Nc1ccccc1)N1CCC(Cc2ccc(COCC3CC3)cc2)CC1. The molecule has 1 heterocycles. The van der Waals surface area contributed by atoms with Crippen LogP contribution in [0.3, 0.4) is 0 Å². The number of ether oxygens (including phenoxy) is 1. The van der Waals surface area contributed by atoms with Crippen LogP contribution < -0.4 is 5.32 Å². The van der Waals surface area contributed by atoms with E-state index in [1.54, 1.807) is 0 Å². The van der Waals surface area contributed by atoms with Crippen molar-refractivity contribution >= 4 is 11.7 Å². The Hall–Kier alpha value is -2.33. The van der Waals surface area contributed by atoms with Gasteiger partial charge in [0.15, 0.2) is 0 Å². The first-order chi connectivity index (χ1) is 13.8. The van der Waals surface area contributed by atoms with E-state index in [4.69, 9.17) is 4.74 Å². The predicted octanol–water partition coefficient (Wildman–Crippen LogP) is 5.10. The number of nitrogens with one attached hydrogen (secondary N) is 1. The van der Waals surface area contributed by atoms with Crippen molar-refractivity contribution in [1.29, 1.82) is 0 Å². The van der Waals surface area contributed by atoms with Crippen LogP contribution in [0.25, 0.3) is 0 Å². The highest BCUT2D eigenvalue weighted by Crippen LogP contribution is 2.29. The zero-order valence-electron chi connectivity index (χ0n) is 16.5. The number of carbonyl (C=O) groups excluding carboxylic acids is 1. The number of urea groups is 1. The van der Waals surface area contributed by atoms with E-state index in [2.05, 4.69) is 29.6 Å². The Labute approximate surface area is 167 Å². The number of rotatable bonds is 7. The largest absolute Gasteiger partial charge is 0.376 e. The van der Waals surface area contributed by atoms with Crippen molar-refractivity contribution in [1.82, 2.24) is 4.90 Å². The van der Waals surface area contributed by atoms with Crippen LogP contribution in [0.15, 0.2) is 54.6 Å². The summed E-state index contributed by atoms with van der Waals surface area (Å²) in [4.78, 5) is 14.3. The first-order valence-electron chi connectivity index (χ1n) is 10.5. The third kappa shape index (κ3) is 5.59. The van der Waals surface area contributed by atoms with Gasteiger partial charge < -0.3 is 15.0 Å². The topological polar surface area (TPSA) is 41.6 Å². The zero-order valence-corrected chi connectivity index (χ0v) is 16.5. The molecule has 1 aliphatic carbocycles. The van der Waals surface area contributed by atoms with Crippen molar-refractivity contribution in [3.8, 4) is 0 Å². The van der Waals surface area contributed by atoms with Gasteiger partial charge in [-0.1, -0.05) is 42.5 Å². The first kappa shape index (κ1) is 19.0. The van der Waals surface area contributed by atoms with Gasteiger partial charge in [-0.25, -0.2) is 4.79 Å². The number of nitrogens with zero attached hydrogens (tertiary/aromatic N) is 1. The number of hydrogen-bond donors (Lipinski definition) is 1. The van der Waals surface area contributed by atoms with Gasteiger partial charge in [0.2, 0.25) is 0 Å². The monoisotopic (exact) mass is 378 g/mol. The summed E-state index contributed by atoms with van der Waals surface area (Å²) in [5.41, 5.74) is 3.51. The molecular weight excluding hydrogens is 348 g/mol. The summed E-state index contributed by atoms with van der Waals surface area (Å²) in [6.45, 7) is 3.30. The molecule has 2 amide bonds. The second-order valence-electron chi connectivity index (χ2n) is 8.21. The van der Waals surface area contributed by atoms with E-state index in [1.807, 2.05) is 35.2 Å². The summed E-state index contributed by atoms with van der Waals surface area (Å²) in [5.74, 6) is 1.47. The van der Waals surface area contributed by atoms with Gasteiger partial charge in [0.05, 0.1) is 6.61 Å². The predicted molar refractivity (Wildman–Crippen MR) is 112 cm³/mol. The Morgan fingerprint density at radius 2 is 1.57 bits per heavy atom. The highest BCUT2D eigenvalue weighted by atomic mass is 16.5. The van der Waals surface area contributed by atoms with Crippen molar-refractivity contribution in [3.05, 3.63) is 65.7 Å². The van der Waals surface area contributed by atoms with Crippen molar-refractivity contribution in [3.63, 3.8) is 0 Å². The average Bonchev–Trinajstić information content (AvgIpc) is 3.55. The second-order valence-corrected chi connectivity index (χ2v) is 8.21. The van der Waals surface area contributed by atoms with Gasteiger partial charge in [-0.15, -0.1) is 0 Å². The number of likely N-dealkylation sites (tertiary alicyclic amines) is 1. The summed E-state index contributed by atoms with van der Waals surface area (Å²) in [6.07, 6.45) is 5.90. The molecule has 1 saturated carbocycles. The number of para-hydroxylation sites is 1. The number of anilines is 1. The smallest absolute Gasteiger partial charge is 0.321 e. The maximum Gasteiger partial charge on any atom is 0.321 e. The Bertz CT molecular complexity index is 748. The zero-order chi connectivity index (χ0) is 19.2. The molecule has 4 nitrogen and oxygen atoms in total. The molecule has 0 bridgehead atoms. The van der Waals surface area contributed by atoms with E-state index in [0.717, 1.165) is 57.2 Å². The molecule has 1 saturated heterocycles. The second kappa shape index (κ2) is 9.24.